The Morgan fingerprint density at radius 2 is 2.10 bits per heavy atom. The van der Waals surface area contributed by atoms with E-state index in [0.717, 1.165) is 12.1 Å². The van der Waals surface area contributed by atoms with Gasteiger partial charge in [-0.05, 0) is 30.7 Å². The number of rotatable bonds is 2. The van der Waals surface area contributed by atoms with Crippen molar-refractivity contribution in [3.8, 4) is 5.69 Å². The van der Waals surface area contributed by atoms with Crippen LogP contribution in [0, 0.1) is 0 Å². The van der Waals surface area contributed by atoms with Gasteiger partial charge in [0.05, 0.1) is 15.7 Å². The Kier molecular flexibility index (Phi) is 3.89. The zero-order valence-electron chi connectivity index (χ0n) is 11.2. The van der Waals surface area contributed by atoms with E-state index in [2.05, 4.69) is 5.10 Å². The van der Waals surface area contributed by atoms with E-state index in [0.29, 0.717) is 28.8 Å². The van der Waals surface area contributed by atoms with E-state index in [1.807, 2.05) is 0 Å². The van der Waals surface area contributed by atoms with Crippen molar-refractivity contribution in [2.75, 3.05) is 13.1 Å². The van der Waals surface area contributed by atoms with Crippen LogP contribution >= 0.6 is 23.2 Å². The summed E-state index contributed by atoms with van der Waals surface area (Å²) >= 11 is 11.9. The van der Waals surface area contributed by atoms with Crippen LogP contribution < -0.4 is 5.73 Å². The summed E-state index contributed by atoms with van der Waals surface area (Å²) in [7, 11) is 0. The molecule has 1 aromatic carbocycles. The van der Waals surface area contributed by atoms with Gasteiger partial charge in [0, 0.05) is 25.3 Å². The molecule has 1 atom stereocenters. The Hall–Kier alpha value is -1.56. The van der Waals surface area contributed by atoms with Gasteiger partial charge in [-0.25, -0.2) is 4.68 Å². The van der Waals surface area contributed by atoms with Gasteiger partial charge in [0.1, 0.15) is 0 Å². The second-order valence-electron chi connectivity index (χ2n) is 5.04. The van der Waals surface area contributed by atoms with E-state index in [1.165, 1.54) is 0 Å². The fraction of sp³-hybridized carbons (Fsp3) is 0.286. The average molecular weight is 325 g/mol. The predicted octanol–water partition coefficient (Wildman–Crippen LogP) is 2.35. The lowest BCUT2D eigenvalue weighted by molar-refractivity contribution is 0.0784. The average Bonchev–Trinajstić information content (AvgIpc) is 3.10. The normalized spacial score (nSPS) is 18.2. The minimum absolute atomic E-state index is 0.0612. The summed E-state index contributed by atoms with van der Waals surface area (Å²) in [5.74, 6) is -0.0956. The summed E-state index contributed by atoms with van der Waals surface area (Å²) < 4.78 is 1.60. The molecule has 1 aromatic heterocycles. The third-order valence-electron chi connectivity index (χ3n) is 3.49. The summed E-state index contributed by atoms with van der Waals surface area (Å²) in [5, 5.41) is 5.23. The maximum atomic E-state index is 12.3. The van der Waals surface area contributed by atoms with Gasteiger partial charge in [-0.2, -0.15) is 5.10 Å². The maximum Gasteiger partial charge on any atom is 0.274 e. The molecule has 0 radical (unpaired) electrons. The zero-order chi connectivity index (χ0) is 15.0. The van der Waals surface area contributed by atoms with Crippen molar-refractivity contribution in [3.63, 3.8) is 0 Å². The highest BCUT2D eigenvalue weighted by Gasteiger charge is 2.25. The molecule has 21 heavy (non-hydrogen) atoms. The van der Waals surface area contributed by atoms with Crippen LogP contribution in [-0.4, -0.2) is 39.7 Å². The molecule has 2 heterocycles. The summed E-state index contributed by atoms with van der Waals surface area (Å²) in [6.07, 6.45) is 2.56. The van der Waals surface area contributed by atoms with Crippen LogP contribution in [0.4, 0.5) is 0 Å². The van der Waals surface area contributed by atoms with Crippen LogP contribution in [0.2, 0.25) is 10.0 Å². The van der Waals surface area contributed by atoms with Crippen LogP contribution in [0.15, 0.2) is 30.5 Å². The van der Waals surface area contributed by atoms with Crippen LogP contribution in [0.1, 0.15) is 16.9 Å². The van der Waals surface area contributed by atoms with E-state index >= 15 is 0 Å². The molecule has 5 nitrogen and oxygen atoms in total. The minimum atomic E-state index is -0.0956. The number of hydrogen-bond acceptors (Lipinski definition) is 3. The molecule has 1 aliphatic heterocycles. The molecule has 7 heteroatoms. The van der Waals surface area contributed by atoms with Crippen LogP contribution in [0.5, 0.6) is 0 Å². The second kappa shape index (κ2) is 5.67. The van der Waals surface area contributed by atoms with Crippen molar-refractivity contribution in [1.29, 1.82) is 0 Å². The molecule has 0 aliphatic carbocycles. The molecule has 1 aliphatic rings. The van der Waals surface area contributed by atoms with Gasteiger partial charge in [-0.3, -0.25) is 4.79 Å². The molecule has 1 fully saturated rings. The predicted molar refractivity (Wildman–Crippen MR) is 82.1 cm³/mol. The third-order valence-corrected chi connectivity index (χ3v) is 4.23. The third kappa shape index (κ3) is 2.90. The molecule has 0 spiro atoms. The summed E-state index contributed by atoms with van der Waals surface area (Å²) in [4.78, 5) is 14.0. The maximum absolute atomic E-state index is 12.3. The highest BCUT2D eigenvalue weighted by Crippen LogP contribution is 2.24. The molecule has 1 amide bonds. The van der Waals surface area contributed by atoms with Gasteiger partial charge in [-0.15, -0.1) is 0 Å². The van der Waals surface area contributed by atoms with Gasteiger partial charge >= 0.3 is 0 Å². The number of likely N-dealkylation sites (tertiary alicyclic amines) is 1. The molecule has 0 unspecified atom stereocenters. The highest BCUT2D eigenvalue weighted by molar-refractivity contribution is 6.42. The fourth-order valence-electron chi connectivity index (χ4n) is 2.34. The van der Waals surface area contributed by atoms with Gasteiger partial charge in [0.15, 0.2) is 5.69 Å². The van der Waals surface area contributed by atoms with Crippen molar-refractivity contribution in [1.82, 2.24) is 14.7 Å². The molecule has 1 saturated heterocycles. The molecule has 110 valence electrons. The highest BCUT2D eigenvalue weighted by atomic mass is 35.5. The molecule has 0 saturated carbocycles. The Morgan fingerprint density at radius 1 is 1.29 bits per heavy atom. The summed E-state index contributed by atoms with van der Waals surface area (Å²) in [5.41, 5.74) is 6.97. The number of halogens is 2. The Balaban J connectivity index is 1.82. The molecule has 3 rings (SSSR count). The van der Waals surface area contributed by atoms with Crippen molar-refractivity contribution in [2.45, 2.75) is 12.5 Å². The standard InChI is InChI=1S/C14H14Cl2N4O/c15-11-2-1-10(7-12(11)16)20-6-4-13(18-20)14(21)19-5-3-9(17)8-19/h1-2,4,6-7,9H,3,5,8,17H2/t9-/m1/s1. The number of carbonyl (C=O) groups excluding carboxylic acids is 1. The monoisotopic (exact) mass is 324 g/mol. The lowest BCUT2D eigenvalue weighted by Gasteiger charge is -2.13. The lowest BCUT2D eigenvalue weighted by atomic mass is 10.3. The van der Waals surface area contributed by atoms with E-state index < -0.39 is 0 Å². The number of hydrogen-bond donors (Lipinski definition) is 1. The number of amides is 1. The molecular weight excluding hydrogens is 311 g/mol. The molecule has 2 aromatic rings. The van der Waals surface area contributed by atoms with E-state index in [9.17, 15) is 4.79 Å². The van der Waals surface area contributed by atoms with Crippen molar-refractivity contribution >= 4 is 29.1 Å². The van der Waals surface area contributed by atoms with Crippen LogP contribution in [0.25, 0.3) is 5.69 Å². The van der Waals surface area contributed by atoms with Crippen LogP contribution in [0.3, 0.4) is 0 Å². The van der Waals surface area contributed by atoms with Gasteiger partial charge < -0.3 is 10.6 Å². The SMILES string of the molecule is N[C@@H]1CCN(C(=O)c2ccn(-c3ccc(Cl)c(Cl)c3)n2)C1. The first kappa shape index (κ1) is 14.4. The smallest absolute Gasteiger partial charge is 0.274 e. The van der Waals surface area contributed by atoms with Crippen LogP contribution in [-0.2, 0) is 0 Å². The Bertz CT molecular complexity index is 685. The summed E-state index contributed by atoms with van der Waals surface area (Å²) in [6.45, 7) is 1.26. The van der Waals surface area contributed by atoms with Gasteiger partial charge in [0.25, 0.3) is 5.91 Å². The molecular formula is C14H14Cl2N4O. The Labute approximate surface area is 132 Å². The molecule has 2 N–H and O–H groups in total. The van der Waals surface area contributed by atoms with E-state index in [-0.39, 0.29) is 11.9 Å². The fourth-order valence-corrected chi connectivity index (χ4v) is 2.64. The number of nitrogens with two attached hydrogens (primary N) is 1. The van der Waals surface area contributed by atoms with E-state index in [4.69, 9.17) is 28.9 Å². The minimum Gasteiger partial charge on any atom is -0.336 e. The van der Waals surface area contributed by atoms with Gasteiger partial charge in [-0.1, -0.05) is 23.2 Å². The zero-order valence-corrected chi connectivity index (χ0v) is 12.7. The topological polar surface area (TPSA) is 64.2 Å². The molecule has 0 bridgehead atoms. The quantitative estimate of drug-likeness (QED) is 0.922. The Morgan fingerprint density at radius 3 is 2.76 bits per heavy atom. The largest absolute Gasteiger partial charge is 0.336 e. The number of benzene rings is 1. The summed E-state index contributed by atoms with van der Waals surface area (Å²) in [6, 6.07) is 6.94. The number of nitrogens with zero attached hydrogens (tertiary/aromatic N) is 3. The van der Waals surface area contributed by atoms with Crippen molar-refractivity contribution < 1.29 is 4.79 Å². The van der Waals surface area contributed by atoms with Crippen molar-refractivity contribution in [3.05, 3.63) is 46.2 Å². The van der Waals surface area contributed by atoms with E-state index in [1.54, 1.807) is 40.0 Å². The van der Waals surface area contributed by atoms with Gasteiger partial charge in [0.2, 0.25) is 0 Å². The van der Waals surface area contributed by atoms with Crippen molar-refractivity contribution in [2.24, 2.45) is 5.73 Å². The second-order valence-corrected chi connectivity index (χ2v) is 5.86. The first-order chi connectivity index (χ1) is 10.0. The lowest BCUT2D eigenvalue weighted by Crippen LogP contribution is -2.32. The number of aromatic nitrogens is 2. The first-order valence-corrected chi connectivity index (χ1v) is 7.36. The number of carbonyl (C=O) groups is 1. The first-order valence-electron chi connectivity index (χ1n) is 6.60.